The van der Waals surface area contributed by atoms with Crippen LogP contribution in [0.2, 0.25) is 10.0 Å². The van der Waals surface area contributed by atoms with Crippen LogP contribution in [0.25, 0.3) is 0 Å². The molecule has 0 radical (unpaired) electrons. The SMILES string of the molecule is NCC(Nc1cc(F)cc(Cl)c1)c1ccc(Cl)cc1Br. The summed E-state index contributed by atoms with van der Waals surface area (Å²) in [7, 11) is 0. The van der Waals surface area contributed by atoms with Crippen LogP contribution in [0.5, 0.6) is 0 Å². The maximum atomic E-state index is 13.3. The molecule has 0 aliphatic rings. The molecule has 0 amide bonds. The number of nitrogens with two attached hydrogens (primary N) is 1. The van der Waals surface area contributed by atoms with Gasteiger partial charge in [0.05, 0.1) is 6.04 Å². The van der Waals surface area contributed by atoms with E-state index in [1.165, 1.54) is 12.1 Å². The van der Waals surface area contributed by atoms with Crippen molar-refractivity contribution >= 4 is 44.8 Å². The van der Waals surface area contributed by atoms with E-state index in [0.717, 1.165) is 10.0 Å². The van der Waals surface area contributed by atoms with E-state index in [9.17, 15) is 4.39 Å². The smallest absolute Gasteiger partial charge is 0.126 e. The lowest BCUT2D eigenvalue weighted by Crippen LogP contribution is -2.21. The summed E-state index contributed by atoms with van der Waals surface area (Å²) in [5, 5.41) is 4.13. The monoisotopic (exact) mass is 376 g/mol. The normalized spacial score (nSPS) is 12.2. The molecule has 106 valence electrons. The highest BCUT2D eigenvalue weighted by Gasteiger charge is 2.14. The second-order valence-electron chi connectivity index (χ2n) is 4.26. The molecule has 1 unspecified atom stereocenters. The Balaban J connectivity index is 2.28. The van der Waals surface area contributed by atoms with E-state index in [1.54, 1.807) is 18.2 Å². The molecule has 1 atom stereocenters. The topological polar surface area (TPSA) is 38.0 Å². The Labute approximate surface area is 135 Å². The maximum absolute atomic E-state index is 13.3. The van der Waals surface area contributed by atoms with Gasteiger partial charge in [0.2, 0.25) is 0 Å². The lowest BCUT2D eigenvalue weighted by atomic mass is 10.1. The molecule has 0 aliphatic heterocycles. The van der Waals surface area contributed by atoms with Gasteiger partial charge in [0.1, 0.15) is 5.82 Å². The number of rotatable bonds is 4. The van der Waals surface area contributed by atoms with Gasteiger partial charge in [-0.3, -0.25) is 0 Å². The van der Waals surface area contributed by atoms with Crippen molar-refractivity contribution in [3.63, 3.8) is 0 Å². The van der Waals surface area contributed by atoms with E-state index in [1.807, 2.05) is 6.07 Å². The van der Waals surface area contributed by atoms with Crippen LogP contribution in [-0.4, -0.2) is 6.54 Å². The zero-order valence-electron chi connectivity index (χ0n) is 10.3. The first kappa shape index (κ1) is 15.6. The molecule has 2 nitrogen and oxygen atoms in total. The quantitative estimate of drug-likeness (QED) is 0.786. The summed E-state index contributed by atoms with van der Waals surface area (Å²) < 4.78 is 14.2. The Morgan fingerprint density at radius 3 is 2.50 bits per heavy atom. The van der Waals surface area contributed by atoms with Crippen LogP contribution in [0.1, 0.15) is 11.6 Å². The van der Waals surface area contributed by atoms with Crippen LogP contribution in [0.4, 0.5) is 10.1 Å². The van der Waals surface area contributed by atoms with Gasteiger partial charge < -0.3 is 11.1 Å². The van der Waals surface area contributed by atoms with Crippen LogP contribution >= 0.6 is 39.1 Å². The zero-order chi connectivity index (χ0) is 14.7. The van der Waals surface area contributed by atoms with Crippen LogP contribution in [0, 0.1) is 5.82 Å². The van der Waals surface area contributed by atoms with E-state index < -0.39 is 5.82 Å². The molecular formula is C14H12BrCl2FN2. The molecule has 0 saturated heterocycles. The van der Waals surface area contributed by atoms with E-state index in [4.69, 9.17) is 28.9 Å². The molecule has 0 heterocycles. The predicted molar refractivity (Wildman–Crippen MR) is 86.0 cm³/mol. The number of hydrogen-bond donors (Lipinski definition) is 2. The van der Waals surface area contributed by atoms with Gasteiger partial charge in [-0.1, -0.05) is 45.2 Å². The second-order valence-corrected chi connectivity index (χ2v) is 5.98. The fraction of sp³-hybridized carbons (Fsp3) is 0.143. The fourth-order valence-electron chi connectivity index (χ4n) is 1.89. The highest BCUT2D eigenvalue weighted by molar-refractivity contribution is 9.10. The van der Waals surface area contributed by atoms with E-state index in [-0.39, 0.29) is 6.04 Å². The standard InChI is InChI=1S/C14H12BrCl2FN2/c15-13-5-8(16)1-2-12(13)14(7-19)20-11-4-9(17)3-10(18)6-11/h1-6,14,20H,7,19H2. The van der Waals surface area contributed by atoms with Crippen molar-refractivity contribution < 1.29 is 4.39 Å². The molecule has 0 aliphatic carbocycles. The molecule has 0 fully saturated rings. The third-order valence-corrected chi connectivity index (χ3v) is 3.92. The van der Waals surface area contributed by atoms with Crippen molar-refractivity contribution in [2.75, 3.05) is 11.9 Å². The van der Waals surface area contributed by atoms with Crippen LogP contribution in [-0.2, 0) is 0 Å². The summed E-state index contributed by atoms with van der Waals surface area (Å²) in [6.07, 6.45) is 0. The number of hydrogen-bond acceptors (Lipinski definition) is 2. The maximum Gasteiger partial charge on any atom is 0.126 e. The molecule has 20 heavy (non-hydrogen) atoms. The molecular weight excluding hydrogens is 366 g/mol. The van der Waals surface area contributed by atoms with Gasteiger partial charge in [-0.05, 0) is 35.9 Å². The number of benzene rings is 2. The summed E-state index contributed by atoms with van der Waals surface area (Å²) in [6, 6.07) is 9.54. The highest BCUT2D eigenvalue weighted by atomic mass is 79.9. The van der Waals surface area contributed by atoms with E-state index in [2.05, 4.69) is 21.2 Å². The van der Waals surface area contributed by atoms with Crippen LogP contribution in [0.15, 0.2) is 40.9 Å². The third kappa shape index (κ3) is 3.85. The average Bonchev–Trinajstić information content (AvgIpc) is 2.35. The molecule has 2 aromatic carbocycles. The lowest BCUT2D eigenvalue weighted by molar-refractivity contribution is 0.627. The second kappa shape index (κ2) is 6.76. The van der Waals surface area contributed by atoms with Gasteiger partial charge in [0, 0.05) is 26.8 Å². The molecule has 3 N–H and O–H groups in total. The van der Waals surface area contributed by atoms with Gasteiger partial charge in [-0.2, -0.15) is 0 Å². The first-order chi connectivity index (χ1) is 9.49. The number of anilines is 1. The van der Waals surface area contributed by atoms with Gasteiger partial charge in [-0.25, -0.2) is 4.39 Å². The van der Waals surface area contributed by atoms with Gasteiger partial charge >= 0.3 is 0 Å². The molecule has 6 heteroatoms. The van der Waals surface area contributed by atoms with Gasteiger partial charge in [-0.15, -0.1) is 0 Å². The van der Waals surface area contributed by atoms with E-state index in [0.29, 0.717) is 22.3 Å². The molecule has 2 aromatic rings. The van der Waals surface area contributed by atoms with Crippen molar-refractivity contribution in [1.29, 1.82) is 0 Å². The summed E-state index contributed by atoms with van der Waals surface area (Å²) in [5.41, 5.74) is 7.31. The van der Waals surface area contributed by atoms with Crippen molar-refractivity contribution in [2.45, 2.75) is 6.04 Å². The van der Waals surface area contributed by atoms with Crippen molar-refractivity contribution in [3.05, 3.63) is 62.3 Å². The molecule has 2 rings (SSSR count). The van der Waals surface area contributed by atoms with Crippen LogP contribution < -0.4 is 11.1 Å². The third-order valence-electron chi connectivity index (χ3n) is 2.78. The fourth-order valence-corrected chi connectivity index (χ4v) is 3.07. The van der Waals surface area contributed by atoms with Crippen LogP contribution in [0.3, 0.4) is 0 Å². The highest BCUT2D eigenvalue weighted by Crippen LogP contribution is 2.29. The molecule has 0 bridgehead atoms. The Bertz CT molecular complexity index is 602. The minimum Gasteiger partial charge on any atom is -0.377 e. The number of halogens is 4. The minimum absolute atomic E-state index is 0.181. The minimum atomic E-state index is -0.397. The Kier molecular flexibility index (Phi) is 5.27. The average molecular weight is 378 g/mol. The van der Waals surface area contributed by atoms with Crippen molar-refractivity contribution in [1.82, 2.24) is 0 Å². The Hall–Kier alpha value is -0.810. The number of nitrogens with one attached hydrogen (secondary N) is 1. The zero-order valence-corrected chi connectivity index (χ0v) is 13.4. The summed E-state index contributed by atoms with van der Waals surface area (Å²) in [6.45, 7) is 0.342. The lowest BCUT2D eigenvalue weighted by Gasteiger charge is -2.20. The largest absolute Gasteiger partial charge is 0.377 e. The first-order valence-electron chi connectivity index (χ1n) is 5.87. The molecule has 0 spiro atoms. The van der Waals surface area contributed by atoms with E-state index >= 15 is 0 Å². The van der Waals surface area contributed by atoms with Crippen molar-refractivity contribution in [3.8, 4) is 0 Å². The molecule has 0 saturated carbocycles. The Morgan fingerprint density at radius 1 is 1.15 bits per heavy atom. The molecule has 0 aromatic heterocycles. The summed E-state index contributed by atoms with van der Waals surface area (Å²) in [5.74, 6) is -0.397. The summed E-state index contributed by atoms with van der Waals surface area (Å²) >= 11 is 15.2. The Morgan fingerprint density at radius 2 is 1.90 bits per heavy atom. The van der Waals surface area contributed by atoms with Gasteiger partial charge in [0.15, 0.2) is 0 Å². The van der Waals surface area contributed by atoms with Crippen molar-refractivity contribution in [2.24, 2.45) is 5.73 Å². The predicted octanol–water partition coefficient (Wildman–Crippen LogP) is 5.01. The summed E-state index contributed by atoms with van der Waals surface area (Å²) in [4.78, 5) is 0. The van der Waals surface area contributed by atoms with Gasteiger partial charge in [0.25, 0.3) is 0 Å². The first-order valence-corrected chi connectivity index (χ1v) is 7.42.